The summed E-state index contributed by atoms with van der Waals surface area (Å²) in [6.07, 6.45) is 0. The first-order chi connectivity index (χ1) is 11.1. The number of sulfonamides is 1. The van der Waals surface area contributed by atoms with Crippen LogP contribution in [0.4, 0.5) is 0 Å². The number of hydrogen-bond donors (Lipinski definition) is 2. The van der Waals surface area contributed by atoms with Crippen LogP contribution in [0.5, 0.6) is 5.75 Å². The Morgan fingerprint density at radius 3 is 2.50 bits per heavy atom. The maximum Gasteiger partial charge on any atom is 0.240 e. The average molecular weight is 369 g/mol. The highest BCUT2D eigenvalue weighted by molar-refractivity contribution is 7.89. The normalized spacial score (nSPS) is 13.2. The molecule has 0 fully saturated rings. The van der Waals surface area contributed by atoms with Gasteiger partial charge in [-0.25, -0.2) is 13.1 Å². The van der Waals surface area contributed by atoms with Gasteiger partial charge in [0.15, 0.2) is 0 Å². The maximum absolute atomic E-state index is 12.3. The fourth-order valence-corrected chi connectivity index (χ4v) is 3.62. The summed E-state index contributed by atoms with van der Waals surface area (Å²) in [6, 6.07) is 12.5. The van der Waals surface area contributed by atoms with E-state index in [1.54, 1.807) is 24.3 Å². The second-order valence-corrected chi connectivity index (χ2v) is 7.20. The van der Waals surface area contributed by atoms with Gasteiger partial charge in [0.1, 0.15) is 5.75 Å². The summed E-state index contributed by atoms with van der Waals surface area (Å²) in [6.45, 7) is 4.45. The number of rotatable bonds is 6. The van der Waals surface area contributed by atoms with Crippen LogP contribution in [0.25, 0.3) is 0 Å². The van der Waals surface area contributed by atoms with Gasteiger partial charge in [-0.05, 0) is 47.9 Å². The van der Waals surface area contributed by atoms with Crippen molar-refractivity contribution >= 4 is 22.4 Å². The molecule has 0 saturated carbocycles. The van der Waals surface area contributed by atoms with E-state index in [0.717, 1.165) is 18.7 Å². The zero-order valence-electron chi connectivity index (χ0n) is 13.4. The molecule has 1 heterocycles. The molecular weight excluding hydrogens is 348 g/mol. The summed E-state index contributed by atoms with van der Waals surface area (Å²) in [4.78, 5) is 0.240. The van der Waals surface area contributed by atoms with Crippen molar-refractivity contribution in [3.63, 3.8) is 0 Å². The van der Waals surface area contributed by atoms with Gasteiger partial charge in [0.05, 0.1) is 11.5 Å². The number of fused-ring (bicyclic) bond motifs is 1. The van der Waals surface area contributed by atoms with E-state index in [9.17, 15) is 8.42 Å². The lowest BCUT2D eigenvalue weighted by atomic mass is 10.1. The first-order valence-electron chi connectivity index (χ1n) is 7.62. The van der Waals surface area contributed by atoms with E-state index in [0.29, 0.717) is 12.4 Å². The van der Waals surface area contributed by atoms with Crippen LogP contribution in [0.15, 0.2) is 47.4 Å². The fourth-order valence-electron chi connectivity index (χ4n) is 2.60. The molecule has 1 aliphatic heterocycles. The third kappa shape index (κ3) is 4.27. The monoisotopic (exact) mass is 368 g/mol. The molecule has 0 aromatic heterocycles. The second kappa shape index (κ2) is 7.98. The fraction of sp³-hybridized carbons (Fsp3) is 0.294. The summed E-state index contributed by atoms with van der Waals surface area (Å²) < 4.78 is 32.7. The molecule has 24 heavy (non-hydrogen) atoms. The van der Waals surface area contributed by atoms with E-state index in [4.69, 9.17) is 4.74 Å². The van der Waals surface area contributed by atoms with Crippen molar-refractivity contribution < 1.29 is 13.2 Å². The van der Waals surface area contributed by atoms with Crippen molar-refractivity contribution in [3.05, 3.63) is 59.2 Å². The molecule has 2 N–H and O–H groups in total. The molecule has 0 spiro atoms. The Balaban J connectivity index is 0.00000208. The van der Waals surface area contributed by atoms with E-state index < -0.39 is 10.0 Å². The predicted molar refractivity (Wildman–Crippen MR) is 95.9 cm³/mol. The summed E-state index contributed by atoms with van der Waals surface area (Å²) >= 11 is 0. The van der Waals surface area contributed by atoms with Crippen LogP contribution < -0.4 is 14.8 Å². The number of benzene rings is 2. The van der Waals surface area contributed by atoms with Crippen LogP contribution in [0.1, 0.15) is 23.6 Å². The Kier molecular flexibility index (Phi) is 6.23. The topological polar surface area (TPSA) is 67.4 Å². The minimum atomic E-state index is -3.53. The Hall–Kier alpha value is -1.60. The highest BCUT2D eigenvalue weighted by Gasteiger charge is 2.15. The third-order valence-corrected chi connectivity index (χ3v) is 5.23. The summed E-state index contributed by atoms with van der Waals surface area (Å²) in [5, 5.41) is 3.28. The lowest BCUT2D eigenvalue weighted by Crippen LogP contribution is -2.23. The second-order valence-electron chi connectivity index (χ2n) is 5.44. The Bertz CT molecular complexity index is 792. The highest BCUT2D eigenvalue weighted by Crippen LogP contribution is 2.19. The minimum absolute atomic E-state index is 0. The van der Waals surface area contributed by atoms with Crippen LogP contribution in [-0.2, 0) is 29.7 Å². The molecule has 3 rings (SSSR count). The lowest BCUT2D eigenvalue weighted by Gasteiger charge is -2.09. The van der Waals surface area contributed by atoms with Gasteiger partial charge in [-0.3, -0.25) is 0 Å². The average Bonchev–Trinajstić information content (AvgIpc) is 3.01. The number of ether oxygens (including phenoxy) is 1. The van der Waals surface area contributed by atoms with Crippen LogP contribution in [0.2, 0.25) is 0 Å². The standard InChI is InChI=1S/C17H20N2O3S.ClH/c1-2-22-16-5-7-17(8-6-16)23(20,21)19-10-13-3-4-14-11-18-12-15(14)9-13;/h3-9,18-19H,2,10-12H2,1H3;1H. The van der Waals surface area contributed by atoms with Gasteiger partial charge in [-0.15, -0.1) is 12.4 Å². The molecule has 0 saturated heterocycles. The molecule has 0 radical (unpaired) electrons. The van der Waals surface area contributed by atoms with Gasteiger partial charge >= 0.3 is 0 Å². The van der Waals surface area contributed by atoms with E-state index >= 15 is 0 Å². The van der Waals surface area contributed by atoms with Crippen LogP contribution in [0.3, 0.4) is 0 Å². The van der Waals surface area contributed by atoms with Crippen LogP contribution in [-0.4, -0.2) is 15.0 Å². The molecule has 0 aliphatic carbocycles. The predicted octanol–water partition coefficient (Wildman–Crippen LogP) is 2.59. The molecular formula is C17H21ClN2O3S. The van der Waals surface area contributed by atoms with Crippen molar-refractivity contribution in [1.82, 2.24) is 10.0 Å². The molecule has 2 aromatic carbocycles. The Labute approximate surface area is 148 Å². The molecule has 0 atom stereocenters. The highest BCUT2D eigenvalue weighted by atomic mass is 35.5. The van der Waals surface area contributed by atoms with E-state index in [1.165, 1.54) is 11.1 Å². The smallest absolute Gasteiger partial charge is 0.240 e. The number of halogens is 1. The zero-order valence-corrected chi connectivity index (χ0v) is 15.0. The van der Waals surface area contributed by atoms with Crippen LogP contribution in [0, 0.1) is 0 Å². The Morgan fingerprint density at radius 2 is 1.79 bits per heavy atom. The molecule has 7 heteroatoms. The van der Waals surface area contributed by atoms with Crippen molar-refractivity contribution in [1.29, 1.82) is 0 Å². The quantitative estimate of drug-likeness (QED) is 0.822. The molecule has 2 aromatic rings. The summed E-state index contributed by atoms with van der Waals surface area (Å²) in [5.41, 5.74) is 3.48. The van der Waals surface area contributed by atoms with Gasteiger partial charge in [-0.2, -0.15) is 0 Å². The van der Waals surface area contributed by atoms with Crippen molar-refractivity contribution in [2.45, 2.75) is 31.5 Å². The third-order valence-electron chi connectivity index (χ3n) is 3.81. The minimum Gasteiger partial charge on any atom is -0.494 e. The molecule has 1 aliphatic rings. The summed E-state index contributed by atoms with van der Waals surface area (Å²) in [7, 11) is -3.53. The maximum atomic E-state index is 12.3. The van der Waals surface area contributed by atoms with Gasteiger partial charge in [0.2, 0.25) is 10.0 Å². The van der Waals surface area contributed by atoms with Crippen molar-refractivity contribution in [2.24, 2.45) is 0 Å². The molecule has 0 unspecified atom stereocenters. The SMILES string of the molecule is CCOc1ccc(S(=O)(=O)NCc2ccc3c(c2)CNC3)cc1.Cl. The molecule has 5 nitrogen and oxygen atoms in total. The van der Waals surface area contributed by atoms with Gasteiger partial charge in [0, 0.05) is 19.6 Å². The number of hydrogen-bond acceptors (Lipinski definition) is 4. The largest absolute Gasteiger partial charge is 0.494 e. The van der Waals surface area contributed by atoms with Crippen LogP contribution >= 0.6 is 12.4 Å². The van der Waals surface area contributed by atoms with E-state index in [2.05, 4.69) is 22.2 Å². The van der Waals surface area contributed by atoms with Gasteiger partial charge < -0.3 is 10.1 Å². The number of nitrogens with one attached hydrogen (secondary N) is 2. The van der Waals surface area contributed by atoms with E-state index in [-0.39, 0.29) is 23.8 Å². The Morgan fingerprint density at radius 1 is 1.08 bits per heavy atom. The lowest BCUT2D eigenvalue weighted by molar-refractivity contribution is 0.340. The summed E-state index contributed by atoms with van der Waals surface area (Å²) in [5.74, 6) is 0.664. The zero-order chi connectivity index (χ0) is 16.3. The van der Waals surface area contributed by atoms with Gasteiger partial charge in [0.25, 0.3) is 0 Å². The first kappa shape index (κ1) is 18.7. The first-order valence-corrected chi connectivity index (χ1v) is 9.11. The molecule has 130 valence electrons. The van der Waals surface area contributed by atoms with Gasteiger partial charge in [-0.1, -0.05) is 18.2 Å². The van der Waals surface area contributed by atoms with Crippen molar-refractivity contribution in [3.8, 4) is 5.75 Å². The van der Waals surface area contributed by atoms with Crippen molar-refractivity contribution in [2.75, 3.05) is 6.61 Å². The molecule has 0 bridgehead atoms. The molecule has 0 amide bonds. The van der Waals surface area contributed by atoms with E-state index in [1.807, 2.05) is 13.0 Å².